The van der Waals surface area contributed by atoms with Crippen molar-refractivity contribution in [2.45, 2.75) is 6.54 Å². The summed E-state index contributed by atoms with van der Waals surface area (Å²) in [5.74, 6) is 1.50. The van der Waals surface area contributed by atoms with Crippen molar-refractivity contribution in [1.29, 1.82) is 0 Å². The SMILES string of the molecule is COc1ccc(OC)c(CN(CCN2CCOCC2)C(=O)N(C)C)c1. The molecule has 1 aromatic rings. The molecule has 140 valence electrons. The van der Waals surface area contributed by atoms with Crippen molar-refractivity contribution >= 4 is 6.03 Å². The van der Waals surface area contributed by atoms with Crippen molar-refractivity contribution in [2.24, 2.45) is 0 Å². The summed E-state index contributed by atoms with van der Waals surface area (Å²) in [4.78, 5) is 18.4. The van der Waals surface area contributed by atoms with Crippen LogP contribution in [0.25, 0.3) is 0 Å². The van der Waals surface area contributed by atoms with E-state index in [9.17, 15) is 4.79 Å². The zero-order valence-electron chi connectivity index (χ0n) is 15.7. The molecule has 0 bridgehead atoms. The molecule has 2 amide bonds. The fourth-order valence-electron chi connectivity index (χ4n) is 2.82. The van der Waals surface area contributed by atoms with E-state index in [1.54, 1.807) is 33.2 Å². The van der Waals surface area contributed by atoms with Crippen LogP contribution in [0.1, 0.15) is 5.56 Å². The minimum atomic E-state index is -0.0156. The third-order valence-corrected chi connectivity index (χ3v) is 4.29. The normalized spacial score (nSPS) is 14.9. The average Bonchev–Trinajstić information content (AvgIpc) is 2.65. The monoisotopic (exact) mass is 351 g/mol. The average molecular weight is 351 g/mol. The van der Waals surface area contributed by atoms with E-state index in [-0.39, 0.29) is 6.03 Å². The minimum absolute atomic E-state index is 0.0156. The number of morpholine rings is 1. The third kappa shape index (κ3) is 5.51. The number of urea groups is 1. The van der Waals surface area contributed by atoms with E-state index in [0.717, 1.165) is 49.9 Å². The Labute approximate surface area is 150 Å². The van der Waals surface area contributed by atoms with Gasteiger partial charge in [-0.25, -0.2) is 4.79 Å². The Morgan fingerprint density at radius 3 is 2.52 bits per heavy atom. The molecule has 0 saturated carbocycles. The molecule has 1 aliphatic heterocycles. The summed E-state index contributed by atoms with van der Waals surface area (Å²) in [6.45, 7) is 5.28. The van der Waals surface area contributed by atoms with Crippen molar-refractivity contribution in [3.05, 3.63) is 23.8 Å². The molecular formula is C18H29N3O4. The van der Waals surface area contributed by atoms with Crippen molar-refractivity contribution in [1.82, 2.24) is 14.7 Å². The first-order valence-corrected chi connectivity index (χ1v) is 8.52. The van der Waals surface area contributed by atoms with Gasteiger partial charge in [-0.2, -0.15) is 0 Å². The molecule has 0 aliphatic carbocycles. The van der Waals surface area contributed by atoms with Gasteiger partial charge >= 0.3 is 6.03 Å². The van der Waals surface area contributed by atoms with Gasteiger partial charge in [0.05, 0.1) is 34.0 Å². The lowest BCUT2D eigenvalue weighted by atomic mass is 10.1. The van der Waals surface area contributed by atoms with Crippen molar-refractivity contribution in [3.63, 3.8) is 0 Å². The van der Waals surface area contributed by atoms with Gasteiger partial charge in [0.2, 0.25) is 0 Å². The molecule has 0 aromatic heterocycles. The van der Waals surface area contributed by atoms with E-state index in [4.69, 9.17) is 14.2 Å². The van der Waals surface area contributed by atoms with Crippen molar-refractivity contribution in [3.8, 4) is 11.5 Å². The molecular weight excluding hydrogens is 322 g/mol. The Hall–Kier alpha value is -1.99. The molecule has 1 aromatic carbocycles. The number of amides is 2. The number of carbonyl (C=O) groups excluding carboxylic acids is 1. The number of carbonyl (C=O) groups is 1. The highest BCUT2D eigenvalue weighted by Crippen LogP contribution is 2.25. The van der Waals surface area contributed by atoms with Gasteiger partial charge in [0, 0.05) is 45.8 Å². The zero-order chi connectivity index (χ0) is 18.2. The second kappa shape index (κ2) is 9.48. The molecule has 0 atom stereocenters. The number of hydrogen-bond acceptors (Lipinski definition) is 5. The molecule has 1 saturated heterocycles. The molecule has 2 rings (SSSR count). The van der Waals surface area contributed by atoms with Crippen LogP contribution in [0.15, 0.2) is 18.2 Å². The Bertz CT molecular complexity index is 559. The highest BCUT2D eigenvalue weighted by molar-refractivity contribution is 5.74. The second-order valence-corrected chi connectivity index (χ2v) is 6.23. The van der Waals surface area contributed by atoms with Gasteiger partial charge in [-0.05, 0) is 18.2 Å². The summed E-state index contributed by atoms with van der Waals surface area (Å²) in [5.41, 5.74) is 0.930. The fraction of sp³-hybridized carbons (Fsp3) is 0.611. The number of nitrogens with zero attached hydrogens (tertiary/aromatic N) is 3. The highest BCUT2D eigenvalue weighted by atomic mass is 16.5. The van der Waals surface area contributed by atoms with Gasteiger partial charge in [0.15, 0.2) is 0 Å². The van der Waals surface area contributed by atoms with Crippen LogP contribution in [0.5, 0.6) is 11.5 Å². The lowest BCUT2D eigenvalue weighted by Crippen LogP contribution is -2.45. The summed E-state index contributed by atoms with van der Waals surface area (Å²) < 4.78 is 16.1. The van der Waals surface area contributed by atoms with Crippen LogP contribution in [-0.2, 0) is 11.3 Å². The Morgan fingerprint density at radius 2 is 1.92 bits per heavy atom. The van der Waals surface area contributed by atoms with Gasteiger partial charge in [-0.15, -0.1) is 0 Å². The van der Waals surface area contributed by atoms with Crippen LogP contribution in [0, 0.1) is 0 Å². The highest BCUT2D eigenvalue weighted by Gasteiger charge is 2.20. The van der Waals surface area contributed by atoms with E-state index < -0.39 is 0 Å². The summed E-state index contributed by atoms with van der Waals surface area (Å²) >= 11 is 0. The van der Waals surface area contributed by atoms with Gasteiger partial charge < -0.3 is 24.0 Å². The maximum absolute atomic E-state index is 12.6. The molecule has 25 heavy (non-hydrogen) atoms. The van der Waals surface area contributed by atoms with Crippen LogP contribution in [0.2, 0.25) is 0 Å². The fourth-order valence-corrected chi connectivity index (χ4v) is 2.82. The largest absolute Gasteiger partial charge is 0.497 e. The number of rotatable bonds is 7. The summed E-state index contributed by atoms with van der Waals surface area (Å²) in [6.07, 6.45) is 0. The molecule has 0 radical (unpaired) electrons. The summed E-state index contributed by atoms with van der Waals surface area (Å²) in [6, 6.07) is 5.63. The number of hydrogen-bond donors (Lipinski definition) is 0. The third-order valence-electron chi connectivity index (χ3n) is 4.29. The first-order chi connectivity index (χ1) is 12.0. The molecule has 1 aliphatic rings. The van der Waals surface area contributed by atoms with Crippen LogP contribution in [0.4, 0.5) is 4.79 Å². The lowest BCUT2D eigenvalue weighted by molar-refractivity contribution is 0.0340. The first-order valence-electron chi connectivity index (χ1n) is 8.52. The van der Waals surface area contributed by atoms with Crippen LogP contribution >= 0.6 is 0 Å². The summed E-state index contributed by atoms with van der Waals surface area (Å²) in [7, 11) is 6.81. The molecule has 1 fully saturated rings. The van der Waals surface area contributed by atoms with E-state index in [1.807, 2.05) is 23.1 Å². The molecule has 1 heterocycles. The van der Waals surface area contributed by atoms with Crippen molar-refractivity contribution < 1.29 is 19.0 Å². The predicted molar refractivity (Wildman–Crippen MR) is 96.3 cm³/mol. The van der Waals surface area contributed by atoms with E-state index in [1.165, 1.54) is 0 Å². The Balaban J connectivity index is 2.11. The number of ether oxygens (including phenoxy) is 3. The molecule has 0 N–H and O–H groups in total. The van der Waals surface area contributed by atoms with E-state index >= 15 is 0 Å². The number of methoxy groups -OCH3 is 2. The second-order valence-electron chi connectivity index (χ2n) is 6.23. The van der Waals surface area contributed by atoms with Gasteiger partial charge in [-0.1, -0.05) is 0 Å². The van der Waals surface area contributed by atoms with Crippen molar-refractivity contribution in [2.75, 3.05) is 67.7 Å². The van der Waals surface area contributed by atoms with E-state index in [2.05, 4.69) is 4.90 Å². The lowest BCUT2D eigenvalue weighted by Gasteiger charge is -2.31. The van der Waals surface area contributed by atoms with Gasteiger partial charge in [0.1, 0.15) is 11.5 Å². The topological polar surface area (TPSA) is 54.5 Å². The Kier molecular flexibility index (Phi) is 7.33. The zero-order valence-corrected chi connectivity index (χ0v) is 15.7. The smallest absolute Gasteiger partial charge is 0.319 e. The maximum atomic E-state index is 12.6. The van der Waals surface area contributed by atoms with Gasteiger partial charge in [-0.3, -0.25) is 4.90 Å². The minimum Gasteiger partial charge on any atom is -0.497 e. The summed E-state index contributed by atoms with van der Waals surface area (Å²) in [5, 5.41) is 0. The number of benzene rings is 1. The quantitative estimate of drug-likeness (QED) is 0.746. The maximum Gasteiger partial charge on any atom is 0.319 e. The van der Waals surface area contributed by atoms with Crippen LogP contribution in [0.3, 0.4) is 0 Å². The van der Waals surface area contributed by atoms with Gasteiger partial charge in [0.25, 0.3) is 0 Å². The van der Waals surface area contributed by atoms with Crippen LogP contribution < -0.4 is 9.47 Å². The van der Waals surface area contributed by atoms with E-state index in [0.29, 0.717) is 13.1 Å². The predicted octanol–water partition coefficient (Wildman–Crippen LogP) is 1.52. The molecule has 0 unspecified atom stereocenters. The Morgan fingerprint density at radius 1 is 1.20 bits per heavy atom. The first kappa shape index (κ1) is 19.3. The molecule has 7 nitrogen and oxygen atoms in total. The standard InChI is InChI=1S/C18H29N3O4/c1-19(2)18(22)21(8-7-20-9-11-25-12-10-20)14-15-13-16(23-3)5-6-17(15)24-4/h5-6,13H,7-12,14H2,1-4H3. The molecule has 7 heteroatoms. The van der Waals surface area contributed by atoms with Crippen LogP contribution in [-0.4, -0.2) is 88.4 Å². The molecule has 0 spiro atoms.